The van der Waals surface area contributed by atoms with Crippen LogP contribution in [-0.2, 0) is 6.54 Å². The molecule has 18 heavy (non-hydrogen) atoms. The number of thiazole rings is 1. The predicted octanol–water partition coefficient (Wildman–Crippen LogP) is 2.09. The van der Waals surface area contributed by atoms with E-state index in [1.165, 1.54) is 0 Å². The maximum atomic E-state index is 11.1. The number of carbonyl (C=O) groups is 1. The maximum Gasteiger partial charge on any atom is 0.248 e. The Labute approximate surface area is 110 Å². The second kappa shape index (κ2) is 5.75. The highest BCUT2D eigenvalue weighted by molar-refractivity contribution is 7.09. The van der Waals surface area contributed by atoms with Gasteiger partial charge in [0.2, 0.25) is 5.91 Å². The molecule has 1 aromatic carbocycles. The SMILES string of the molecule is CC(NCc1cccc(C(N)=O)c1)c1nccs1. The molecule has 5 heteroatoms. The van der Waals surface area contributed by atoms with Gasteiger partial charge in [-0.2, -0.15) is 0 Å². The third kappa shape index (κ3) is 3.15. The highest BCUT2D eigenvalue weighted by atomic mass is 32.1. The summed E-state index contributed by atoms with van der Waals surface area (Å²) in [4.78, 5) is 15.3. The zero-order valence-electron chi connectivity index (χ0n) is 10.1. The van der Waals surface area contributed by atoms with E-state index in [-0.39, 0.29) is 6.04 Å². The van der Waals surface area contributed by atoms with Crippen molar-refractivity contribution < 1.29 is 4.79 Å². The van der Waals surface area contributed by atoms with E-state index in [1.807, 2.05) is 23.6 Å². The van der Waals surface area contributed by atoms with E-state index in [2.05, 4.69) is 17.2 Å². The summed E-state index contributed by atoms with van der Waals surface area (Å²) in [6, 6.07) is 7.53. The van der Waals surface area contributed by atoms with E-state index in [9.17, 15) is 4.79 Å². The van der Waals surface area contributed by atoms with E-state index in [4.69, 9.17) is 5.73 Å². The molecule has 0 saturated carbocycles. The Bertz CT molecular complexity index is 525. The third-order valence-corrected chi connectivity index (χ3v) is 3.60. The van der Waals surface area contributed by atoms with E-state index in [0.29, 0.717) is 12.1 Å². The highest BCUT2D eigenvalue weighted by Crippen LogP contribution is 2.15. The molecule has 0 aliphatic carbocycles. The molecular weight excluding hydrogens is 246 g/mol. The van der Waals surface area contributed by atoms with Gasteiger partial charge in [0.1, 0.15) is 5.01 Å². The van der Waals surface area contributed by atoms with Crippen molar-refractivity contribution in [3.63, 3.8) is 0 Å². The van der Waals surface area contributed by atoms with Gasteiger partial charge in [0.15, 0.2) is 0 Å². The van der Waals surface area contributed by atoms with Crippen LogP contribution < -0.4 is 11.1 Å². The molecule has 3 N–H and O–H groups in total. The monoisotopic (exact) mass is 261 g/mol. The Morgan fingerprint density at radius 1 is 1.56 bits per heavy atom. The predicted molar refractivity (Wildman–Crippen MR) is 72.3 cm³/mol. The fraction of sp³-hybridized carbons (Fsp3) is 0.231. The van der Waals surface area contributed by atoms with Gasteiger partial charge < -0.3 is 11.1 Å². The largest absolute Gasteiger partial charge is 0.366 e. The van der Waals surface area contributed by atoms with Crippen LogP contribution in [0.1, 0.15) is 33.9 Å². The standard InChI is InChI=1S/C13H15N3OS/c1-9(13-15-5-6-18-13)16-8-10-3-2-4-11(7-10)12(14)17/h2-7,9,16H,8H2,1H3,(H2,14,17). The number of nitrogens with one attached hydrogen (secondary N) is 1. The Kier molecular flexibility index (Phi) is 4.07. The molecule has 94 valence electrons. The van der Waals surface area contributed by atoms with Crippen LogP contribution in [0.25, 0.3) is 0 Å². The molecule has 1 heterocycles. The second-order valence-corrected chi connectivity index (χ2v) is 4.96. The molecular formula is C13H15N3OS. The molecule has 0 spiro atoms. The number of aromatic nitrogens is 1. The molecule has 0 aliphatic heterocycles. The van der Waals surface area contributed by atoms with Gasteiger partial charge in [0.05, 0.1) is 6.04 Å². The first-order valence-corrected chi connectivity index (χ1v) is 6.56. The van der Waals surface area contributed by atoms with E-state index < -0.39 is 5.91 Å². The lowest BCUT2D eigenvalue weighted by molar-refractivity contribution is 0.1000. The Morgan fingerprint density at radius 3 is 3.06 bits per heavy atom. The normalized spacial score (nSPS) is 12.3. The molecule has 0 radical (unpaired) electrons. The number of primary amides is 1. The number of amides is 1. The topological polar surface area (TPSA) is 68.0 Å². The zero-order valence-corrected chi connectivity index (χ0v) is 10.9. The van der Waals surface area contributed by atoms with Crippen molar-refractivity contribution in [1.29, 1.82) is 0 Å². The van der Waals surface area contributed by atoms with Crippen LogP contribution in [-0.4, -0.2) is 10.9 Å². The summed E-state index contributed by atoms with van der Waals surface area (Å²) >= 11 is 1.63. The molecule has 0 aliphatic rings. The average molecular weight is 261 g/mol. The lowest BCUT2D eigenvalue weighted by atomic mass is 10.1. The van der Waals surface area contributed by atoms with Crippen LogP contribution in [0.5, 0.6) is 0 Å². The summed E-state index contributed by atoms with van der Waals surface area (Å²) < 4.78 is 0. The number of hydrogen-bond acceptors (Lipinski definition) is 4. The van der Waals surface area contributed by atoms with E-state index in [0.717, 1.165) is 10.6 Å². The van der Waals surface area contributed by atoms with Crippen molar-refractivity contribution in [2.45, 2.75) is 19.5 Å². The molecule has 1 atom stereocenters. The van der Waals surface area contributed by atoms with Gasteiger partial charge in [-0.25, -0.2) is 4.98 Å². The van der Waals surface area contributed by atoms with Gasteiger partial charge in [-0.3, -0.25) is 4.79 Å². The van der Waals surface area contributed by atoms with Crippen molar-refractivity contribution in [2.24, 2.45) is 5.73 Å². The van der Waals surface area contributed by atoms with Gasteiger partial charge in [-0.1, -0.05) is 12.1 Å². The lowest BCUT2D eigenvalue weighted by Gasteiger charge is -2.11. The van der Waals surface area contributed by atoms with Gasteiger partial charge >= 0.3 is 0 Å². The third-order valence-electron chi connectivity index (χ3n) is 2.65. The average Bonchev–Trinajstić information content (AvgIpc) is 2.90. The van der Waals surface area contributed by atoms with Crippen molar-refractivity contribution in [3.05, 3.63) is 52.0 Å². The van der Waals surface area contributed by atoms with E-state index in [1.54, 1.807) is 23.6 Å². The Hall–Kier alpha value is -1.72. The van der Waals surface area contributed by atoms with Crippen molar-refractivity contribution in [3.8, 4) is 0 Å². The summed E-state index contributed by atoms with van der Waals surface area (Å²) in [6.07, 6.45) is 1.80. The second-order valence-electron chi connectivity index (χ2n) is 4.04. The van der Waals surface area contributed by atoms with Crippen LogP contribution in [0.3, 0.4) is 0 Å². The van der Waals surface area contributed by atoms with Gasteiger partial charge in [0.25, 0.3) is 0 Å². The van der Waals surface area contributed by atoms with Crippen molar-refractivity contribution in [2.75, 3.05) is 0 Å². The van der Waals surface area contributed by atoms with Crippen LogP contribution in [0.15, 0.2) is 35.8 Å². The number of carbonyl (C=O) groups excluding carboxylic acids is 1. The summed E-state index contributed by atoms with van der Waals surface area (Å²) in [5.41, 5.74) is 6.82. The maximum absolute atomic E-state index is 11.1. The number of rotatable bonds is 5. The summed E-state index contributed by atoms with van der Waals surface area (Å²) in [7, 11) is 0. The first kappa shape index (κ1) is 12.7. The molecule has 4 nitrogen and oxygen atoms in total. The fourth-order valence-electron chi connectivity index (χ4n) is 1.64. The minimum absolute atomic E-state index is 0.197. The smallest absolute Gasteiger partial charge is 0.248 e. The van der Waals surface area contributed by atoms with Crippen LogP contribution in [0.2, 0.25) is 0 Å². The first-order valence-electron chi connectivity index (χ1n) is 5.68. The fourth-order valence-corrected chi connectivity index (χ4v) is 2.31. The van der Waals surface area contributed by atoms with Gasteiger partial charge in [-0.15, -0.1) is 11.3 Å². The van der Waals surface area contributed by atoms with Crippen LogP contribution in [0.4, 0.5) is 0 Å². The molecule has 2 rings (SSSR count). The summed E-state index contributed by atoms with van der Waals surface area (Å²) in [6.45, 7) is 2.75. The molecule has 1 aromatic heterocycles. The van der Waals surface area contributed by atoms with Crippen molar-refractivity contribution in [1.82, 2.24) is 10.3 Å². The molecule has 1 unspecified atom stereocenters. The zero-order chi connectivity index (χ0) is 13.0. The van der Waals surface area contributed by atoms with E-state index >= 15 is 0 Å². The summed E-state index contributed by atoms with van der Waals surface area (Å²) in [5.74, 6) is -0.398. The molecule has 0 saturated heterocycles. The number of nitrogens with two attached hydrogens (primary N) is 1. The van der Waals surface area contributed by atoms with Gasteiger partial charge in [0, 0.05) is 23.7 Å². The number of nitrogens with zero attached hydrogens (tertiary/aromatic N) is 1. The Morgan fingerprint density at radius 2 is 2.39 bits per heavy atom. The molecule has 0 bridgehead atoms. The molecule has 2 aromatic rings. The van der Waals surface area contributed by atoms with Crippen molar-refractivity contribution >= 4 is 17.2 Å². The molecule has 0 fully saturated rings. The quantitative estimate of drug-likeness (QED) is 0.866. The summed E-state index contributed by atoms with van der Waals surface area (Å²) in [5, 5.41) is 6.38. The van der Waals surface area contributed by atoms with Crippen LogP contribution >= 0.6 is 11.3 Å². The minimum Gasteiger partial charge on any atom is -0.366 e. The number of hydrogen-bond donors (Lipinski definition) is 2. The number of benzene rings is 1. The Balaban J connectivity index is 1.98. The minimum atomic E-state index is -0.398. The lowest BCUT2D eigenvalue weighted by Crippen LogP contribution is -2.18. The van der Waals surface area contributed by atoms with Crippen LogP contribution in [0, 0.1) is 0 Å². The highest BCUT2D eigenvalue weighted by Gasteiger charge is 2.07. The first-order chi connectivity index (χ1) is 8.66. The van der Waals surface area contributed by atoms with Gasteiger partial charge in [-0.05, 0) is 24.6 Å². The molecule has 1 amide bonds.